The van der Waals surface area contributed by atoms with E-state index in [4.69, 9.17) is 11.6 Å². The third-order valence-corrected chi connectivity index (χ3v) is 4.56. The number of halogens is 1. The SMILES string of the molecule is CN1C(=O)c2cc(NC(=O)c3ccc(Cl)cc3)ccc2N2CCN=C12. The molecule has 2 aliphatic rings. The summed E-state index contributed by atoms with van der Waals surface area (Å²) in [6.45, 7) is 1.41. The van der Waals surface area contributed by atoms with Gasteiger partial charge >= 0.3 is 0 Å². The number of fused-ring (bicyclic) bond motifs is 3. The molecule has 0 atom stereocenters. The number of carbonyl (C=O) groups is 2. The van der Waals surface area contributed by atoms with E-state index in [2.05, 4.69) is 10.3 Å². The Morgan fingerprint density at radius 1 is 1.20 bits per heavy atom. The van der Waals surface area contributed by atoms with Gasteiger partial charge in [0.1, 0.15) is 0 Å². The highest BCUT2D eigenvalue weighted by Crippen LogP contribution is 2.32. The maximum atomic E-state index is 12.6. The predicted molar refractivity (Wildman–Crippen MR) is 97.6 cm³/mol. The van der Waals surface area contributed by atoms with Crippen LogP contribution < -0.4 is 10.2 Å². The fraction of sp³-hybridized carbons (Fsp3) is 0.167. The molecule has 0 unspecified atom stereocenters. The van der Waals surface area contributed by atoms with Crippen molar-refractivity contribution >= 4 is 40.7 Å². The molecule has 2 amide bonds. The molecule has 2 aromatic carbocycles. The van der Waals surface area contributed by atoms with Gasteiger partial charge in [0.05, 0.1) is 17.8 Å². The Kier molecular flexibility index (Phi) is 3.69. The highest BCUT2D eigenvalue weighted by Gasteiger charge is 2.35. The molecule has 0 aromatic heterocycles. The van der Waals surface area contributed by atoms with Crippen LogP contribution in [0.5, 0.6) is 0 Å². The average molecular weight is 355 g/mol. The molecule has 0 fully saturated rings. The summed E-state index contributed by atoms with van der Waals surface area (Å²) in [7, 11) is 1.71. The molecule has 2 aromatic rings. The van der Waals surface area contributed by atoms with Gasteiger partial charge in [0.2, 0.25) is 5.96 Å². The molecule has 0 saturated carbocycles. The molecule has 4 rings (SSSR count). The van der Waals surface area contributed by atoms with Crippen LogP contribution in [0.2, 0.25) is 5.02 Å². The van der Waals surface area contributed by atoms with E-state index in [-0.39, 0.29) is 11.8 Å². The lowest BCUT2D eigenvalue weighted by Gasteiger charge is -2.33. The van der Waals surface area contributed by atoms with Gasteiger partial charge in [0.25, 0.3) is 11.8 Å². The zero-order valence-corrected chi connectivity index (χ0v) is 14.2. The van der Waals surface area contributed by atoms with E-state index in [1.165, 1.54) is 0 Å². The Hall–Kier alpha value is -2.86. The number of nitrogens with one attached hydrogen (secondary N) is 1. The quantitative estimate of drug-likeness (QED) is 0.901. The molecular formula is C18H15ClN4O2. The number of nitrogens with zero attached hydrogens (tertiary/aromatic N) is 3. The summed E-state index contributed by atoms with van der Waals surface area (Å²) >= 11 is 5.84. The van der Waals surface area contributed by atoms with Crippen LogP contribution >= 0.6 is 11.6 Å². The lowest BCUT2D eigenvalue weighted by molar-refractivity contribution is 0.0865. The first-order chi connectivity index (χ1) is 12.0. The van der Waals surface area contributed by atoms with Crippen LogP contribution in [0.15, 0.2) is 47.5 Å². The molecule has 1 N–H and O–H groups in total. The van der Waals surface area contributed by atoms with E-state index < -0.39 is 0 Å². The molecule has 25 heavy (non-hydrogen) atoms. The van der Waals surface area contributed by atoms with Crippen molar-refractivity contribution < 1.29 is 9.59 Å². The molecule has 0 bridgehead atoms. The monoisotopic (exact) mass is 354 g/mol. The van der Waals surface area contributed by atoms with Gasteiger partial charge in [0.15, 0.2) is 0 Å². The summed E-state index contributed by atoms with van der Waals surface area (Å²) in [6.07, 6.45) is 0. The molecule has 0 radical (unpaired) electrons. The molecule has 6 nitrogen and oxygen atoms in total. The molecule has 2 aliphatic heterocycles. The molecule has 0 aliphatic carbocycles. The number of hydrogen-bond acceptors (Lipinski definition) is 4. The predicted octanol–water partition coefficient (Wildman–Crippen LogP) is 2.85. The fourth-order valence-corrected chi connectivity index (χ4v) is 3.17. The Morgan fingerprint density at radius 3 is 2.72 bits per heavy atom. The summed E-state index contributed by atoms with van der Waals surface area (Å²) in [6, 6.07) is 12.0. The van der Waals surface area contributed by atoms with Gasteiger partial charge in [0, 0.05) is 29.9 Å². The number of benzene rings is 2. The van der Waals surface area contributed by atoms with Crippen molar-refractivity contribution in [3.63, 3.8) is 0 Å². The van der Waals surface area contributed by atoms with Crippen LogP contribution in [-0.4, -0.2) is 42.8 Å². The zero-order valence-electron chi connectivity index (χ0n) is 13.5. The normalized spacial score (nSPS) is 15.6. The fourth-order valence-electron chi connectivity index (χ4n) is 3.05. The van der Waals surface area contributed by atoms with Crippen molar-refractivity contribution in [3.8, 4) is 0 Å². The Balaban J connectivity index is 1.63. The van der Waals surface area contributed by atoms with Crippen molar-refractivity contribution in [3.05, 3.63) is 58.6 Å². The standard InChI is InChI=1S/C18H15ClN4O2/c1-22-17(25)14-10-13(6-7-15(14)23-9-8-20-18(22)23)21-16(24)11-2-4-12(19)5-3-11/h2-7,10H,8-9H2,1H3,(H,21,24). The lowest BCUT2D eigenvalue weighted by Crippen LogP contribution is -2.48. The maximum absolute atomic E-state index is 12.6. The highest BCUT2D eigenvalue weighted by atomic mass is 35.5. The minimum atomic E-state index is -0.253. The second-order valence-electron chi connectivity index (χ2n) is 5.89. The van der Waals surface area contributed by atoms with E-state index in [9.17, 15) is 9.59 Å². The largest absolute Gasteiger partial charge is 0.322 e. The number of aliphatic imine (C=N–C) groups is 1. The number of guanidine groups is 1. The van der Waals surface area contributed by atoms with Crippen molar-refractivity contribution in [2.45, 2.75) is 0 Å². The van der Waals surface area contributed by atoms with E-state index in [1.54, 1.807) is 48.3 Å². The van der Waals surface area contributed by atoms with Crippen LogP contribution in [0, 0.1) is 0 Å². The van der Waals surface area contributed by atoms with Crippen molar-refractivity contribution in [1.29, 1.82) is 0 Å². The van der Waals surface area contributed by atoms with Gasteiger partial charge in [-0.3, -0.25) is 19.5 Å². The zero-order chi connectivity index (χ0) is 17.6. The highest BCUT2D eigenvalue weighted by molar-refractivity contribution is 6.30. The van der Waals surface area contributed by atoms with E-state index in [1.807, 2.05) is 11.0 Å². The number of carbonyl (C=O) groups excluding carboxylic acids is 2. The van der Waals surface area contributed by atoms with Crippen molar-refractivity contribution in [2.75, 3.05) is 30.4 Å². The smallest absolute Gasteiger partial charge is 0.262 e. The van der Waals surface area contributed by atoms with Crippen LogP contribution in [-0.2, 0) is 0 Å². The van der Waals surface area contributed by atoms with Crippen LogP contribution in [0.4, 0.5) is 11.4 Å². The number of rotatable bonds is 2. The van der Waals surface area contributed by atoms with Gasteiger partial charge in [-0.2, -0.15) is 0 Å². The second kappa shape index (κ2) is 5.89. The van der Waals surface area contributed by atoms with Gasteiger partial charge in [-0.05, 0) is 42.5 Å². The molecule has 0 spiro atoms. The minimum Gasteiger partial charge on any atom is -0.322 e. The van der Waals surface area contributed by atoms with Gasteiger partial charge in [-0.25, -0.2) is 0 Å². The summed E-state index contributed by atoms with van der Waals surface area (Å²) in [5.41, 5.74) is 2.45. The van der Waals surface area contributed by atoms with Crippen LogP contribution in [0.1, 0.15) is 20.7 Å². The lowest BCUT2D eigenvalue weighted by atomic mass is 10.1. The van der Waals surface area contributed by atoms with E-state index in [0.717, 1.165) is 12.2 Å². The first-order valence-electron chi connectivity index (χ1n) is 7.85. The number of hydrogen-bond donors (Lipinski definition) is 1. The molecule has 126 valence electrons. The summed E-state index contributed by atoms with van der Waals surface area (Å²) in [5, 5.41) is 3.39. The van der Waals surface area contributed by atoms with Gasteiger partial charge in [-0.1, -0.05) is 11.6 Å². The number of anilines is 2. The number of amides is 2. The molecule has 0 saturated heterocycles. The summed E-state index contributed by atoms with van der Waals surface area (Å²) in [5.74, 6) is 0.293. The Bertz CT molecular complexity index is 908. The molecule has 2 heterocycles. The third kappa shape index (κ3) is 2.64. The first kappa shape index (κ1) is 15.7. The van der Waals surface area contributed by atoms with E-state index >= 15 is 0 Å². The average Bonchev–Trinajstić information content (AvgIpc) is 3.10. The van der Waals surface area contributed by atoms with E-state index in [0.29, 0.717) is 34.3 Å². The topological polar surface area (TPSA) is 65.0 Å². The summed E-state index contributed by atoms with van der Waals surface area (Å²) < 4.78 is 0. The second-order valence-corrected chi connectivity index (χ2v) is 6.33. The van der Waals surface area contributed by atoms with Crippen molar-refractivity contribution in [2.24, 2.45) is 4.99 Å². The maximum Gasteiger partial charge on any atom is 0.262 e. The third-order valence-electron chi connectivity index (χ3n) is 4.30. The minimum absolute atomic E-state index is 0.130. The van der Waals surface area contributed by atoms with Gasteiger partial charge in [-0.15, -0.1) is 0 Å². The van der Waals surface area contributed by atoms with Crippen molar-refractivity contribution in [1.82, 2.24) is 4.90 Å². The van der Waals surface area contributed by atoms with Crippen LogP contribution in [0.25, 0.3) is 0 Å². The first-order valence-corrected chi connectivity index (χ1v) is 8.23. The summed E-state index contributed by atoms with van der Waals surface area (Å²) in [4.78, 5) is 32.9. The Morgan fingerprint density at radius 2 is 1.96 bits per heavy atom. The van der Waals surface area contributed by atoms with Gasteiger partial charge < -0.3 is 10.2 Å². The van der Waals surface area contributed by atoms with Crippen LogP contribution in [0.3, 0.4) is 0 Å². The molecule has 7 heteroatoms. The Labute approximate surface area is 149 Å². The molecular weight excluding hydrogens is 340 g/mol.